The van der Waals surface area contributed by atoms with Crippen LogP contribution in [0.1, 0.15) is 45.2 Å². The van der Waals surface area contributed by atoms with E-state index in [9.17, 15) is 18.0 Å². The van der Waals surface area contributed by atoms with Gasteiger partial charge in [0.05, 0.1) is 20.6 Å². The molecule has 7 nitrogen and oxygen atoms in total. The van der Waals surface area contributed by atoms with Crippen LogP contribution in [0.15, 0.2) is 71.6 Å². The Hall–Kier alpha value is -2.78. The highest BCUT2D eigenvalue weighted by molar-refractivity contribution is 7.92. The van der Waals surface area contributed by atoms with Crippen molar-refractivity contribution in [3.63, 3.8) is 0 Å². The molecule has 3 aromatic carbocycles. The molecule has 0 fully saturated rings. The lowest BCUT2D eigenvalue weighted by Gasteiger charge is -2.35. The molecule has 220 valence electrons. The Labute approximate surface area is 257 Å². The molecule has 0 spiro atoms. The molecular weight excluding hydrogens is 605 g/mol. The topological polar surface area (TPSA) is 86.8 Å². The van der Waals surface area contributed by atoms with Crippen LogP contribution in [-0.2, 0) is 26.2 Å². The Morgan fingerprint density at radius 3 is 2.12 bits per heavy atom. The maximum atomic E-state index is 14.1. The zero-order chi connectivity index (χ0) is 30.5. The van der Waals surface area contributed by atoms with Crippen LogP contribution in [0.3, 0.4) is 0 Å². The summed E-state index contributed by atoms with van der Waals surface area (Å²) in [5.74, 6) is -0.938. The Balaban J connectivity index is 2.10. The van der Waals surface area contributed by atoms with Crippen molar-refractivity contribution in [2.75, 3.05) is 10.8 Å². The average Bonchev–Trinajstić information content (AvgIpc) is 2.90. The molecule has 0 aliphatic heterocycles. The lowest BCUT2D eigenvalue weighted by atomic mass is 10.1. The van der Waals surface area contributed by atoms with Gasteiger partial charge < -0.3 is 10.2 Å². The number of hydrogen-bond donors (Lipinski definition) is 1. The fourth-order valence-electron chi connectivity index (χ4n) is 4.19. The van der Waals surface area contributed by atoms with E-state index in [1.165, 1.54) is 23.1 Å². The van der Waals surface area contributed by atoms with E-state index in [-0.39, 0.29) is 29.5 Å². The van der Waals surface area contributed by atoms with Crippen molar-refractivity contribution in [3.05, 3.63) is 92.9 Å². The number of nitrogens with zero attached hydrogens (tertiary/aromatic N) is 2. The number of anilines is 1. The minimum atomic E-state index is -4.19. The van der Waals surface area contributed by atoms with E-state index in [0.29, 0.717) is 20.6 Å². The van der Waals surface area contributed by atoms with Crippen LogP contribution in [0.2, 0.25) is 15.1 Å². The zero-order valence-corrected chi connectivity index (χ0v) is 26.7. The van der Waals surface area contributed by atoms with E-state index < -0.39 is 34.1 Å². The SMILES string of the molecule is CC[C@H](C(=O)NC(C)(C)C)N(Cc1ccc(Cl)c(Cl)c1)C(=O)CN(c1ccc(C)c(Cl)c1)S(=O)(=O)c1ccccc1. The van der Waals surface area contributed by atoms with Crippen molar-refractivity contribution in [1.29, 1.82) is 0 Å². The zero-order valence-electron chi connectivity index (χ0n) is 23.6. The fraction of sp³-hybridized carbons (Fsp3) is 0.333. The third-order valence-electron chi connectivity index (χ3n) is 6.27. The largest absolute Gasteiger partial charge is 0.350 e. The summed E-state index contributed by atoms with van der Waals surface area (Å²) in [7, 11) is -4.19. The van der Waals surface area contributed by atoms with Crippen LogP contribution in [-0.4, -0.2) is 43.3 Å². The molecule has 0 unspecified atom stereocenters. The van der Waals surface area contributed by atoms with Crippen molar-refractivity contribution in [3.8, 4) is 0 Å². The third kappa shape index (κ3) is 8.38. The summed E-state index contributed by atoms with van der Waals surface area (Å²) in [6.07, 6.45) is 0.288. The maximum Gasteiger partial charge on any atom is 0.264 e. The lowest BCUT2D eigenvalue weighted by Crippen LogP contribution is -2.55. The molecular formula is C30H34Cl3N3O4S. The van der Waals surface area contributed by atoms with Crippen LogP contribution in [0.4, 0.5) is 5.69 Å². The number of sulfonamides is 1. The van der Waals surface area contributed by atoms with Gasteiger partial charge in [-0.05, 0) is 81.6 Å². The van der Waals surface area contributed by atoms with Gasteiger partial charge in [-0.2, -0.15) is 0 Å². The number of benzene rings is 3. The molecule has 11 heteroatoms. The van der Waals surface area contributed by atoms with Crippen LogP contribution in [0.25, 0.3) is 0 Å². The van der Waals surface area contributed by atoms with Gasteiger partial charge in [0.15, 0.2) is 0 Å². The van der Waals surface area contributed by atoms with Crippen molar-refractivity contribution in [2.45, 2.75) is 64.1 Å². The van der Waals surface area contributed by atoms with Crippen LogP contribution >= 0.6 is 34.8 Å². The maximum absolute atomic E-state index is 14.1. The number of rotatable bonds is 10. The monoisotopic (exact) mass is 637 g/mol. The summed E-state index contributed by atoms with van der Waals surface area (Å²) in [5.41, 5.74) is 1.06. The van der Waals surface area contributed by atoms with E-state index >= 15 is 0 Å². The van der Waals surface area contributed by atoms with Crippen molar-refractivity contribution in [1.82, 2.24) is 10.2 Å². The fourth-order valence-corrected chi connectivity index (χ4v) is 6.11. The summed E-state index contributed by atoms with van der Waals surface area (Å²) < 4.78 is 28.8. The minimum Gasteiger partial charge on any atom is -0.350 e. The van der Waals surface area contributed by atoms with Gasteiger partial charge in [0.2, 0.25) is 11.8 Å². The highest BCUT2D eigenvalue weighted by Crippen LogP contribution is 2.29. The second-order valence-electron chi connectivity index (χ2n) is 10.7. The van der Waals surface area contributed by atoms with Gasteiger partial charge >= 0.3 is 0 Å². The molecule has 3 rings (SSSR count). The summed E-state index contributed by atoms with van der Waals surface area (Å²) in [6.45, 7) is 8.55. The van der Waals surface area contributed by atoms with E-state index in [2.05, 4.69) is 5.32 Å². The van der Waals surface area contributed by atoms with Gasteiger partial charge in [0.1, 0.15) is 12.6 Å². The predicted molar refractivity (Wildman–Crippen MR) is 166 cm³/mol. The molecule has 0 radical (unpaired) electrons. The Morgan fingerprint density at radius 1 is 0.902 bits per heavy atom. The first-order valence-corrected chi connectivity index (χ1v) is 15.6. The lowest BCUT2D eigenvalue weighted by molar-refractivity contribution is -0.141. The van der Waals surface area contributed by atoms with Gasteiger partial charge in [-0.3, -0.25) is 13.9 Å². The second kappa shape index (κ2) is 13.5. The van der Waals surface area contributed by atoms with Gasteiger partial charge in [-0.15, -0.1) is 0 Å². The molecule has 1 atom stereocenters. The predicted octanol–water partition coefficient (Wildman–Crippen LogP) is 6.87. The Bertz CT molecular complexity index is 1510. The molecule has 0 saturated carbocycles. The van der Waals surface area contributed by atoms with Gasteiger partial charge in [-0.1, -0.05) is 72.1 Å². The van der Waals surface area contributed by atoms with Crippen LogP contribution in [0, 0.1) is 6.92 Å². The molecule has 0 bridgehead atoms. The number of amides is 2. The molecule has 0 aliphatic carbocycles. The quantitative estimate of drug-likeness (QED) is 0.263. The normalized spacial score (nSPS) is 12.5. The first-order chi connectivity index (χ1) is 19.1. The average molecular weight is 639 g/mol. The standard InChI is InChI=1S/C30H34Cl3N3O4S/c1-6-27(29(38)34-30(3,4)5)35(18-21-13-15-24(31)26(33)16-21)28(37)19-36(22-14-12-20(2)25(32)17-22)41(39,40)23-10-8-7-9-11-23/h7-17,27H,6,18-19H2,1-5H3,(H,34,38)/t27-/m1/s1. The Morgan fingerprint density at radius 2 is 1.56 bits per heavy atom. The van der Waals surface area contributed by atoms with E-state index in [0.717, 1.165) is 9.87 Å². The van der Waals surface area contributed by atoms with Crippen LogP contribution < -0.4 is 9.62 Å². The first-order valence-electron chi connectivity index (χ1n) is 13.0. The molecule has 1 N–H and O–H groups in total. The summed E-state index contributed by atoms with van der Waals surface area (Å²) >= 11 is 18.7. The number of carbonyl (C=O) groups is 2. The van der Waals surface area contributed by atoms with Crippen molar-refractivity contribution < 1.29 is 18.0 Å². The van der Waals surface area contributed by atoms with Gasteiger partial charge in [-0.25, -0.2) is 8.42 Å². The number of nitrogens with one attached hydrogen (secondary N) is 1. The third-order valence-corrected chi connectivity index (χ3v) is 9.21. The summed E-state index contributed by atoms with van der Waals surface area (Å²) in [6, 6.07) is 16.7. The minimum absolute atomic E-state index is 0.000327. The molecule has 41 heavy (non-hydrogen) atoms. The summed E-state index contributed by atoms with van der Waals surface area (Å²) in [4.78, 5) is 28.9. The van der Waals surface area contributed by atoms with Crippen LogP contribution in [0.5, 0.6) is 0 Å². The first kappa shape index (κ1) is 32.7. The highest BCUT2D eigenvalue weighted by atomic mass is 35.5. The highest BCUT2D eigenvalue weighted by Gasteiger charge is 2.34. The molecule has 0 aromatic heterocycles. The van der Waals surface area contributed by atoms with Crippen molar-refractivity contribution in [2.24, 2.45) is 0 Å². The summed E-state index contributed by atoms with van der Waals surface area (Å²) in [5, 5.41) is 3.94. The number of hydrogen-bond acceptors (Lipinski definition) is 4. The van der Waals surface area contributed by atoms with E-state index in [1.807, 2.05) is 20.8 Å². The molecule has 3 aromatic rings. The van der Waals surface area contributed by atoms with Gasteiger partial charge in [0, 0.05) is 17.1 Å². The Kier molecular flexibility index (Phi) is 10.7. The molecule has 0 aliphatic rings. The van der Waals surface area contributed by atoms with E-state index in [1.54, 1.807) is 62.4 Å². The number of carbonyl (C=O) groups excluding carboxylic acids is 2. The smallest absolute Gasteiger partial charge is 0.264 e. The van der Waals surface area contributed by atoms with Gasteiger partial charge in [0.25, 0.3) is 10.0 Å². The second-order valence-corrected chi connectivity index (χ2v) is 13.8. The number of halogens is 3. The number of aryl methyl sites for hydroxylation is 1. The van der Waals surface area contributed by atoms with E-state index in [4.69, 9.17) is 34.8 Å². The molecule has 2 amide bonds. The van der Waals surface area contributed by atoms with Crippen molar-refractivity contribution >= 4 is 62.3 Å². The molecule has 0 heterocycles. The molecule has 0 saturated heterocycles.